The zero-order valence-electron chi connectivity index (χ0n) is 13.3. The summed E-state index contributed by atoms with van der Waals surface area (Å²) in [6.45, 7) is 5.82. The molecule has 0 aromatic heterocycles. The average molecular weight is 314 g/mol. The standard InChI is InChI=1S/C19H22O2S/c1-15(2)13-19(14-17-7-5-4-6-8-17)22(20,21)18-11-9-16(3)10-12-18/h4-13,19H,14H2,1-3H3. The van der Waals surface area contributed by atoms with Crippen LogP contribution in [0.4, 0.5) is 0 Å². The smallest absolute Gasteiger partial charge is 0.185 e. The molecule has 22 heavy (non-hydrogen) atoms. The summed E-state index contributed by atoms with van der Waals surface area (Å²) in [5.74, 6) is 0. The van der Waals surface area contributed by atoms with Crippen LogP contribution in [0.15, 0.2) is 71.1 Å². The Kier molecular flexibility index (Phi) is 5.19. The van der Waals surface area contributed by atoms with Crippen LogP contribution >= 0.6 is 0 Å². The van der Waals surface area contributed by atoms with Gasteiger partial charge in [0.25, 0.3) is 0 Å². The highest BCUT2D eigenvalue weighted by Gasteiger charge is 2.25. The maximum atomic E-state index is 12.9. The minimum absolute atomic E-state index is 0.386. The molecule has 3 heteroatoms. The molecule has 1 unspecified atom stereocenters. The van der Waals surface area contributed by atoms with Crippen LogP contribution in [0.3, 0.4) is 0 Å². The number of rotatable bonds is 5. The molecule has 2 nitrogen and oxygen atoms in total. The van der Waals surface area contributed by atoms with E-state index in [0.29, 0.717) is 11.3 Å². The fourth-order valence-corrected chi connectivity index (χ4v) is 4.11. The second-order valence-corrected chi connectivity index (χ2v) is 8.00. The van der Waals surface area contributed by atoms with Crippen molar-refractivity contribution in [2.24, 2.45) is 0 Å². The zero-order chi connectivity index (χ0) is 16.2. The van der Waals surface area contributed by atoms with Crippen molar-refractivity contribution in [1.29, 1.82) is 0 Å². The molecule has 0 bridgehead atoms. The summed E-state index contributed by atoms with van der Waals surface area (Å²) in [6.07, 6.45) is 2.34. The summed E-state index contributed by atoms with van der Waals surface area (Å²) in [6, 6.07) is 16.8. The van der Waals surface area contributed by atoms with Gasteiger partial charge in [-0.05, 0) is 44.9 Å². The molecule has 0 spiro atoms. The largest absolute Gasteiger partial charge is 0.223 e. The molecule has 0 fully saturated rings. The van der Waals surface area contributed by atoms with E-state index >= 15 is 0 Å². The number of aryl methyl sites for hydroxylation is 1. The lowest BCUT2D eigenvalue weighted by Gasteiger charge is -2.15. The van der Waals surface area contributed by atoms with E-state index in [1.54, 1.807) is 12.1 Å². The third-order valence-electron chi connectivity index (χ3n) is 3.55. The normalized spacial score (nSPS) is 12.7. The van der Waals surface area contributed by atoms with Gasteiger partial charge in [0.05, 0.1) is 10.1 Å². The molecule has 0 saturated carbocycles. The Morgan fingerprint density at radius 1 is 1.00 bits per heavy atom. The highest BCUT2D eigenvalue weighted by molar-refractivity contribution is 7.92. The first-order valence-electron chi connectivity index (χ1n) is 7.39. The highest BCUT2D eigenvalue weighted by atomic mass is 32.2. The first-order valence-corrected chi connectivity index (χ1v) is 8.94. The zero-order valence-corrected chi connectivity index (χ0v) is 14.1. The Morgan fingerprint density at radius 3 is 2.14 bits per heavy atom. The van der Waals surface area contributed by atoms with Gasteiger partial charge in [0.1, 0.15) is 0 Å². The lowest BCUT2D eigenvalue weighted by molar-refractivity contribution is 0.587. The lowest BCUT2D eigenvalue weighted by atomic mass is 10.1. The van der Waals surface area contributed by atoms with Crippen LogP contribution in [-0.2, 0) is 16.3 Å². The minimum Gasteiger partial charge on any atom is -0.223 e. The van der Waals surface area contributed by atoms with E-state index in [9.17, 15) is 8.42 Å². The van der Waals surface area contributed by atoms with E-state index in [2.05, 4.69) is 0 Å². The van der Waals surface area contributed by atoms with Crippen LogP contribution < -0.4 is 0 Å². The summed E-state index contributed by atoms with van der Waals surface area (Å²) >= 11 is 0. The van der Waals surface area contributed by atoms with Crippen LogP contribution in [0, 0.1) is 6.92 Å². The SMILES string of the molecule is CC(C)=CC(Cc1ccccc1)S(=O)(=O)c1ccc(C)cc1. The minimum atomic E-state index is -3.39. The summed E-state index contributed by atoms with van der Waals surface area (Å²) in [4.78, 5) is 0.386. The lowest BCUT2D eigenvalue weighted by Crippen LogP contribution is -2.22. The molecule has 1 atom stereocenters. The molecule has 2 aromatic rings. The van der Waals surface area contributed by atoms with Gasteiger partial charge in [0.15, 0.2) is 9.84 Å². The van der Waals surface area contributed by atoms with E-state index in [4.69, 9.17) is 0 Å². The molecule has 0 radical (unpaired) electrons. The van der Waals surface area contributed by atoms with Crippen molar-refractivity contribution in [1.82, 2.24) is 0 Å². The second-order valence-electron chi connectivity index (χ2n) is 5.83. The third-order valence-corrected chi connectivity index (χ3v) is 5.58. The van der Waals surface area contributed by atoms with Crippen LogP contribution in [0.1, 0.15) is 25.0 Å². The molecule has 0 saturated heterocycles. The quantitative estimate of drug-likeness (QED) is 0.769. The Labute approximate surface area is 133 Å². The van der Waals surface area contributed by atoms with Gasteiger partial charge in [-0.15, -0.1) is 0 Å². The van der Waals surface area contributed by atoms with E-state index in [0.717, 1.165) is 16.7 Å². The van der Waals surface area contributed by atoms with Crippen LogP contribution in [0.5, 0.6) is 0 Å². The Morgan fingerprint density at radius 2 is 1.59 bits per heavy atom. The fourth-order valence-electron chi connectivity index (χ4n) is 2.38. The number of hydrogen-bond donors (Lipinski definition) is 0. The molecule has 0 heterocycles. The van der Waals surface area contributed by atoms with E-state index in [1.807, 2.05) is 69.3 Å². The van der Waals surface area contributed by atoms with Crippen molar-refractivity contribution >= 4 is 9.84 Å². The van der Waals surface area contributed by atoms with Gasteiger partial charge in [-0.1, -0.05) is 59.7 Å². The van der Waals surface area contributed by atoms with Gasteiger partial charge < -0.3 is 0 Å². The molecule has 116 valence electrons. The van der Waals surface area contributed by atoms with Crippen molar-refractivity contribution in [3.05, 3.63) is 77.4 Å². The molecule has 0 aliphatic heterocycles. The number of hydrogen-bond acceptors (Lipinski definition) is 2. The highest BCUT2D eigenvalue weighted by Crippen LogP contribution is 2.22. The van der Waals surface area contributed by atoms with Gasteiger partial charge in [0, 0.05) is 0 Å². The van der Waals surface area contributed by atoms with Gasteiger partial charge in [-0.2, -0.15) is 0 Å². The number of benzene rings is 2. The molecule has 0 aliphatic rings. The second kappa shape index (κ2) is 6.93. The average Bonchev–Trinajstić information content (AvgIpc) is 2.47. The van der Waals surface area contributed by atoms with Crippen LogP contribution in [-0.4, -0.2) is 13.7 Å². The monoisotopic (exact) mass is 314 g/mol. The summed E-state index contributed by atoms with van der Waals surface area (Å²) < 4.78 is 25.9. The van der Waals surface area contributed by atoms with Gasteiger partial charge in [0.2, 0.25) is 0 Å². The maximum absolute atomic E-state index is 12.9. The molecule has 0 aliphatic carbocycles. The first kappa shape index (κ1) is 16.5. The molecule has 2 rings (SSSR count). The number of sulfone groups is 1. The fraction of sp³-hybridized carbons (Fsp3) is 0.263. The topological polar surface area (TPSA) is 34.1 Å². The van der Waals surface area contributed by atoms with Gasteiger partial charge in [-0.25, -0.2) is 8.42 Å². The molecular weight excluding hydrogens is 292 g/mol. The predicted molar refractivity (Wildman–Crippen MR) is 91.7 cm³/mol. The first-order chi connectivity index (χ1) is 10.4. The Hall–Kier alpha value is -1.87. The van der Waals surface area contributed by atoms with E-state index < -0.39 is 15.1 Å². The molecule has 0 amide bonds. The van der Waals surface area contributed by atoms with Crippen molar-refractivity contribution in [3.63, 3.8) is 0 Å². The predicted octanol–water partition coefficient (Wildman–Crippen LogP) is 4.35. The van der Waals surface area contributed by atoms with Gasteiger partial charge in [-0.3, -0.25) is 0 Å². The maximum Gasteiger partial charge on any atom is 0.185 e. The Bertz CT molecular complexity index is 738. The van der Waals surface area contributed by atoms with E-state index in [-0.39, 0.29) is 0 Å². The van der Waals surface area contributed by atoms with Crippen molar-refractivity contribution in [3.8, 4) is 0 Å². The van der Waals surface area contributed by atoms with Crippen molar-refractivity contribution < 1.29 is 8.42 Å². The summed E-state index contributed by atoms with van der Waals surface area (Å²) in [5, 5.41) is -0.539. The van der Waals surface area contributed by atoms with Crippen LogP contribution in [0.25, 0.3) is 0 Å². The van der Waals surface area contributed by atoms with E-state index in [1.165, 1.54) is 0 Å². The van der Waals surface area contributed by atoms with Gasteiger partial charge >= 0.3 is 0 Å². The van der Waals surface area contributed by atoms with Crippen molar-refractivity contribution in [2.75, 3.05) is 0 Å². The third kappa shape index (κ3) is 4.08. The summed E-state index contributed by atoms with van der Waals surface area (Å²) in [7, 11) is -3.39. The Balaban J connectivity index is 2.40. The summed E-state index contributed by atoms with van der Waals surface area (Å²) in [5.41, 5.74) is 3.10. The van der Waals surface area contributed by atoms with Crippen LogP contribution in [0.2, 0.25) is 0 Å². The van der Waals surface area contributed by atoms with Crippen molar-refractivity contribution in [2.45, 2.75) is 37.3 Å². The molecule has 2 aromatic carbocycles. The molecule has 0 N–H and O–H groups in total. The molecular formula is C19H22O2S. The number of allylic oxidation sites excluding steroid dienone is 1.